The second kappa shape index (κ2) is 3.02. The van der Waals surface area contributed by atoms with Gasteiger partial charge in [-0.3, -0.25) is 0 Å². The zero-order valence-corrected chi connectivity index (χ0v) is 8.76. The highest BCUT2D eigenvalue weighted by Gasteiger charge is 2.48. The van der Waals surface area contributed by atoms with Crippen LogP contribution in [0.5, 0.6) is 0 Å². The summed E-state index contributed by atoms with van der Waals surface area (Å²) in [7, 11) is 0. The number of nitrogens with one attached hydrogen (secondary N) is 1. The van der Waals surface area contributed by atoms with Gasteiger partial charge in [0.05, 0.1) is 0 Å². The zero-order valence-electron chi connectivity index (χ0n) is 7.94. The van der Waals surface area contributed by atoms with Crippen molar-refractivity contribution in [1.82, 2.24) is 10.3 Å². The quantitative estimate of drug-likeness (QED) is 0.725. The van der Waals surface area contributed by atoms with Crippen LogP contribution in [-0.2, 0) is 5.60 Å². The molecule has 1 aromatic heterocycles. The van der Waals surface area contributed by atoms with Gasteiger partial charge >= 0.3 is 0 Å². The van der Waals surface area contributed by atoms with Crippen molar-refractivity contribution in [2.45, 2.75) is 18.4 Å². The van der Waals surface area contributed by atoms with Crippen LogP contribution in [0.1, 0.15) is 17.8 Å². The summed E-state index contributed by atoms with van der Waals surface area (Å²) in [5.41, 5.74) is -0.619. The van der Waals surface area contributed by atoms with Crippen molar-refractivity contribution in [1.29, 1.82) is 0 Å². The lowest BCUT2D eigenvalue weighted by molar-refractivity contribution is 0.0356. The average molecular weight is 210 g/mol. The number of nitrogens with zero attached hydrogens (tertiary/aromatic N) is 1. The largest absolute Gasteiger partial charge is 0.383 e. The zero-order chi connectivity index (χ0) is 9.60. The third-order valence-electron chi connectivity index (χ3n) is 3.51. The Labute approximate surface area is 87.2 Å². The molecule has 3 rings (SSSR count). The predicted octanol–water partition coefficient (Wildman–Crippen LogP) is 0.960. The Morgan fingerprint density at radius 3 is 2.71 bits per heavy atom. The van der Waals surface area contributed by atoms with Gasteiger partial charge in [-0.2, -0.15) is 0 Å². The smallest absolute Gasteiger partial charge is 0.124 e. The molecule has 1 aliphatic carbocycles. The monoisotopic (exact) mass is 210 g/mol. The van der Waals surface area contributed by atoms with Crippen LogP contribution in [-0.4, -0.2) is 23.2 Å². The summed E-state index contributed by atoms with van der Waals surface area (Å²) >= 11 is 1.58. The molecule has 2 aliphatic rings. The molecular formula is C10H14N2OS. The van der Waals surface area contributed by atoms with Gasteiger partial charge in [0.2, 0.25) is 0 Å². The summed E-state index contributed by atoms with van der Waals surface area (Å²) in [6.07, 6.45) is 3.56. The highest BCUT2D eigenvalue weighted by atomic mass is 32.1. The first-order chi connectivity index (χ1) is 6.78. The third kappa shape index (κ3) is 1.21. The normalized spacial score (nSPS) is 41.5. The summed E-state index contributed by atoms with van der Waals surface area (Å²) < 4.78 is 0. The topological polar surface area (TPSA) is 45.2 Å². The molecule has 2 atom stereocenters. The van der Waals surface area contributed by atoms with E-state index in [2.05, 4.69) is 10.3 Å². The highest BCUT2D eigenvalue weighted by molar-refractivity contribution is 7.09. The first-order valence-corrected chi connectivity index (χ1v) is 5.99. The van der Waals surface area contributed by atoms with E-state index >= 15 is 0 Å². The van der Waals surface area contributed by atoms with E-state index in [-0.39, 0.29) is 0 Å². The molecule has 0 spiro atoms. The first-order valence-electron chi connectivity index (χ1n) is 5.11. The van der Waals surface area contributed by atoms with E-state index in [0.717, 1.165) is 30.9 Å². The average Bonchev–Trinajstić information content (AvgIpc) is 2.74. The lowest BCUT2D eigenvalue weighted by atomic mass is 10.0. The number of hydrogen-bond donors (Lipinski definition) is 2. The molecule has 2 fully saturated rings. The molecule has 76 valence electrons. The molecule has 2 N–H and O–H groups in total. The number of rotatable bonds is 1. The van der Waals surface area contributed by atoms with Gasteiger partial charge in [0.1, 0.15) is 10.6 Å². The maximum absolute atomic E-state index is 10.5. The predicted molar refractivity (Wildman–Crippen MR) is 55.1 cm³/mol. The molecule has 1 aliphatic heterocycles. The van der Waals surface area contributed by atoms with Gasteiger partial charge in [-0.05, 0) is 37.8 Å². The van der Waals surface area contributed by atoms with Gasteiger partial charge in [-0.25, -0.2) is 4.98 Å². The van der Waals surface area contributed by atoms with E-state index in [1.165, 1.54) is 0 Å². The molecule has 0 radical (unpaired) electrons. The first kappa shape index (κ1) is 8.83. The number of hydrogen-bond acceptors (Lipinski definition) is 4. The third-order valence-corrected chi connectivity index (χ3v) is 4.48. The second-order valence-electron chi connectivity index (χ2n) is 4.46. The van der Waals surface area contributed by atoms with Gasteiger partial charge in [-0.15, -0.1) is 11.3 Å². The molecule has 0 bridgehead atoms. The summed E-state index contributed by atoms with van der Waals surface area (Å²) in [6.45, 7) is 2.14. The molecule has 1 saturated carbocycles. The van der Waals surface area contributed by atoms with Crippen LogP contribution in [0, 0.1) is 11.8 Å². The van der Waals surface area contributed by atoms with Crippen molar-refractivity contribution in [3.05, 3.63) is 16.6 Å². The van der Waals surface area contributed by atoms with Crippen LogP contribution in [0.3, 0.4) is 0 Å². The van der Waals surface area contributed by atoms with Gasteiger partial charge in [-0.1, -0.05) is 0 Å². The Morgan fingerprint density at radius 1 is 1.43 bits per heavy atom. The Hall–Kier alpha value is -0.450. The molecule has 0 amide bonds. The van der Waals surface area contributed by atoms with Gasteiger partial charge in [0, 0.05) is 11.6 Å². The van der Waals surface area contributed by atoms with E-state index in [4.69, 9.17) is 0 Å². The van der Waals surface area contributed by atoms with Crippen LogP contribution >= 0.6 is 11.3 Å². The lowest BCUT2D eigenvalue weighted by Crippen LogP contribution is -2.25. The summed E-state index contributed by atoms with van der Waals surface area (Å²) in [4.78, 5) is 4.25. The van der Waals surface area contributed by atoms with Crippen molar-refractivity contribution >= 4 is 11.3 Å². The van der Waals surface area contributed by atoms with E-state index in [9.17, 15) is 5.11 Å². The van der Waals surface area contributed by atoms with Crippen molar-refractivity contribution < 1.29 is 5.11 Å². The Balaban J connectivity index is 1.87. The highest BCUT2D eigenvalue weighted by Crippen LogP contribution is 2.47. The molecule has 2 unspecified atom stereocenters. The van der Waals surface area contributed by atoms with Crippen LogP contribution in [0.2, 0.25) is 0 Å². The van der Waals surface area contributed by atoms with Crippen molar-refractivity contribution in [3.63, 3.8) is 0 Å². The Morgan fingerprint density at radius 2 is 2.14 bits per heavy atom. The minimum Gasteiger partial charge on any atom is -0.383 e. The van der Waals surface area contributed by atoms with Crippen LogP contribution < -0.4 is 5.32 Å². The molecule has 14 heavy (non-hydrogen) atoms. The van der Waals surface area contributed by atoms with Gasteiger partial charge < -0.3 is 10.4 Å². The van der Waals surface area contributed by atoms with Crippen molar-refractivity contribution in [3.8, 4) is 0 Å². The minimum absolute atomic E-state index is 0.619. The Bertz CT molecular complexity index is 313. The van der Waals surface area contributed by atoms with E-state index in [0.29, 0.717) is 11.8 Å². The molecule has 1 aromatic rings. The Kier molecular flexibility index (Phi) is 1.90. The summed E-state index contributed by atoms with van der Waals surface area (Å²) in [5.74, 6) is 1.31. The molecule has 3 nitrogen and oxygen atoms in total. The lowest BCUT2D eigenvalue weighted by Gasteiger charge is -2.20. The molecule has 2 heterocycles. The van der Waals surface area contributed by atoms with Gasteiger partial charge in [0.15, 0.2) is 0 Å². The molecule has 0 aromatic carbocycles. The second-order valence-corrected chi connectivity index (χ2v) is 5.35. The maximum atomic E-state index is 10.5. The fraction of sp³-hybridized carbons (Fsp3) is 0.700. The van der Waals surface area contributed by atoms with Crippen molar-refractivity contribution in [2.75, 3.05) is 13.1 Å². The molecule has 4 heteroatoms. The van der Waals surface area contributed by atoms with Crippen molar-refractivity contribution in [2.24, 2.45) is 11.8 Å². The van der Waals surface area contributed by atoms with Crippen LogP contribution in [0.4, 0.5) is 0 Å². The summed E-state index contributed by atoms with van der Waals surface area (Å²) in [5, 5.41) is 16.7. The molecular weight excluding hydrogens is 196 g/mol. The fourth-order valence-corrected chi connectivity index (χ4v) is 3.60. The number of fused-ring (bicyclic) bond motifs is 1. The van der Waals surface area contributed by atoms with Crippen LogP contribution in [0.15, 0.2) is 11.6 Å². The SMILES string of the molecule is OC1(c2nccs2)CC2CNCC2C1. The van der Waals surface area contributed by atoms with Gasteiger partial charge in [0.25, 0.3) is 0 Å². The minimum atomic E-state index is -0.619. The standard InChI is InChI=1S/C10H14N2OS/c13-10(9-12-1-2-14-9)3-7-5-11-6-8(7)4-10/h1-2,7-8,11,13H,3-6H2. The van der Waals surface area contributed by atoms with E-state index in [1.807, 2.05) is 5.38 Å². The summed E-state index contributed by atoms with van der Waals surface area (Å²) in [6, 6.07) is 0. The number of thiazole rings is 1. The maximum Gasteiger partial charge on any atom is 0.124 e. The van der Waals surface area contributed by atoms with E-state index in [1.54, 1.807) is 17.5 Å². The fourth-order valence-electron chi connectivity index (χ4n) is 2.84. The molecule has 1 saturated heterocycles. The number of aliphatic hydroxyl groups is 1. The van der Waals surface area contributed by atoms with Crippen LogP contribution in [0.25, 0.3) is 0 Å². The van der Waals surface area contributed by atoms with E-state index < -0.39 is 5.60 Å². The number of aromatic nitrogens is 1.